The molecule has 5 nitrogen and oxygen atoms in total. The van der Waals surface area contributed by atoms with E-state index in [0.717, 1.165) is 11.2 Å². The lowest BCUT2D eigenvalue weighted by Crippen LogP contribution is -2.04. The summed E-state index contributed by atoms with van der Waals surface area (Å²) in [5, 5.41) is 13.1. The molecule has 1 aromatic carbocycles. The molecule has 1 saturated carbocycles. The van der Waals surface area contributed by atoms with Crippen molar-refractivity contribution in [2.24, 2.45) is 0 Å². The summed E-state index contributed by atoms with van der Waals surface area (Å²) in [4.78, 5) is 19.1. The number of nitrogens with zero attached hydrogens (tertiary/aromatic N) is 2. The van der Waals surface area contributed by atoms with Gasteiger partial charge in [0.1, 0.15) is 12.1 Å². The van der Waals surface area contributed by atoms with E-state index >= 15 is 0 Å². The number of benzene rings is 1. The van der Waals surface area contributed by atoms with Crippen LogP contribution in [0, 0.1) is 0 Å². The number of fused-ring (bicyclic) bond motifs is 1. The number of hydrogen-bond donors (Lipinski definition) is 2. The average molecular weight is 229 g/mol. The maximum absolute atomic E-state index is 10.9. The number of hydrogen-bond acceptors (Lipinski definition) is 4. The number of carbonyl (C=O) groups is 1. The predicted molar refractivity (Wildman–Crippen MR) is 63.1 cm³/mol. The Labute approximate surface area is 97.5 Å². The van der Waals surface area contributed by atoms with Gasteiger partial charge >= 0.3 is 5.97 Å². The van der Waals surface area contributed by atoms with Crippen LogP contribution < -0.4 is 5.32 Å². The van der Waals surface area contributed by atoms with Gasteiger partial charge in [-0.2, -0.15) is 0 Å². The lowest BCUT2D eigenvalue weighted by molar-refractivity contribution is 0.0697. The van der Waals surface area contributed by atoms with Crippen LogP contribution >= 0.6 is 0 Å². The Kier molecular flexibility index (Phi) is 2.18. The zero-order chi connectivity index (χ0) is 11.8. The fourth-order valence-corrected chi connectivity index (χ4v) is 1.73. The molecule has 3 rings (SSSR count). The molecule has 0 saturated heterocycles. The molecule has 2 N–H and O–H groups in total. The van der Waals surface area contributed by atoms with Gasteiger partial charge in [0.15, 0.2) is 0 Å². The van der Waals surface area contributed by atoms with Gasteiger partial charge < -0.3 is 10.4 Å². The number of aromatic nitrogens is 2. The highest BCUT2D eigenvalue weighted by atomic mass is 16.4. The molecule has 1 aliphatic carbocycles. The van der Waals surface area contributed by atoms with Crippen LogP contribution in [0.15, 0.2) is 24.5 Å². The van der Waals surface area contributed by atoms with Crippen LogP contribution in [-0.4, -0.2) is 27.1 Å². The Morgan fingerprint density at radius 1 is 1.35 bits per heavy atom. The minimum Gasteiger partial charge on any atom is -0.478 e. The van der Waals surface area contributed by atoms with Crippen molar-refractivity contribution >= 4 is 22.7 Å². The van der Waals surface area contributed by atoms with E-state index < -0.39 is 5.97 Å². The van der Waals surface area contributed by atoms with Gasteiger partial charge in [-0.3, -0.25) is 0 Å². The van der Waals surface area contributed by atoms with E-state index in [4.69, 9.17) is 5.11 Å². The largest absolute Gasteiger partial charge is 0.478 e. The molecule has 17 heavy (non-hydrogen) atoms. The van der Waals surface area contributed by atoms with Crippen LogP contribution in [0.25, 0.3) is 10.9 Å². The smallest absolute Gasteiger partial charge is 0.335 e. The minimum absolute atomic E-state index is 0.244. The van der Waals surface area contributed by atoms with Crippen LogP contribution in [0.5, 0.6) is 0 Å². The first-order valence-electron chi connectivity index (χ1n) is 5.48. The molecule has 5 heteroatoms. The summed E-state index contributed by atoms with van der Waals surface area (Å²) in [5.74, 6) is -0.156. The third kappa shape index (κ3) is 1.91. The third-order valence-corrected chi connectivity index (χ3v) is 2.80. The standard InChI is InChI=1S/C12H11N3O2/c16-12(17)7-1-4-9-10(5-7)13-6-14-11(9)15-8-2-3-8/h1,4-6,8H,2-3H2,(H,16,17)(H,13,14,15). The van der Waals surface area contributed by atoms with E-state index in [9.17, 15) is 4.79 Å². The second-order valence-electron chi connectivity index (χ2n) is 4.18. The zero-order valence-electron chi connectivity index (χ0n) is 9.05. The Morgan fingerprint density at radius 2 is 2.18 bits per heavy atom. The summed E-state index contributed by atoms with van der Waals surface area (Å²) in [6, 6.07) is 5.40. The fraction of sp³-hybridized carbons (Fsp3) is 0.250. The predicted octanol–water partition coefficient (Wildman–Crippen LogP) is 1.90. The number of aromatic carboxylic acids is 1. The number of nitrogens with one attached hydrogen (secondary N) is 1. The Morgan fingerprint density at radius 3 is 2.88 bits per heavy atom. The van der Waals surface area contributed by atoms with E-state index in [2.05, 4.69) is 15.3 Å². The molecule has 0 amide bonds. The summed E-state index contributed by atoms with van der Waals surface area (Å²) in [6.45, 7) is 0. The van der Waals surface area contributed by atoms with E-state index in [1.54, 1.807) is 18.2 Å². The summed E-state index contributed by atoms with van der Waals surface area (Å²) < 4.78 is 0. The van der Waals surface area contributed by atoms with E-state index in [0.29, 0.717) is 11.6 Å². The van der Waals surface area contributed by atoms with Crippen LogP contribution in [0.1, 0.15) is 23.2 Å². The summed E-state index contributed by atoms with van der Waals surface area (Å²) in [6.07, 6.45) is 3.79. The third-order valence-electron chi connectivity index (χ3n) is 2.80. The lowest BCUT2D eigenvalue weighted by atomic mass is 10.1. The van der Waals surface area contributed by atoms with Gasteiger partial charge in [-0.15, -0.1) is 0 Å². The first-order chi connectivity index (χ1) is 8.24. The molecule has 2 aromatic rings. The summed E-state index contributed by atoms with van der Waals surface area (Å²) in [7, 11) is 0. The molecule has 1 fully saturated rings. The topological polar surface area (TPSA) is 75.1 Å². The molecule has 0 unspecified atom stereocenters. The van der Waals surface area contributed by atoms with Crippen LogP contribution in [0.2, 0.25) is 0 Å². The lowest BCUT2D eigenvalue weighted by Gasteiger charge is -2.07. The summed E-state index contributed by atoms with van der Waals surface area (Å²) in [5.41, 5.74) is 0.900. The molecule has 1 aliphatic rings. The number of anilines is 1. The van der Waals surface area contributed by atoms with Crippen LogP contribution in [-0.2, 0) is 0 Å². The molecule has 86 valence electrons. The highest BCUT2D eigenvalue weighted by Crippen LogP contribution is 2.27. The van der Waals surface area contributed by atoms with Crippen molar-refractivity contribution in [1.29, 1.82) is 0 Å². The maximum atomic E-state index is 10.9. The molecular weight excluding hydrogens is 218 g/mol. The van der Waals surface area contributed by atoms with Crippen molar-refractivity contribution < 1.29 is 9.90 Å². The first kappa shape index (κ1) is 10.0. The van der Waals surface area contributed by atoms with Gasteiger partial charge in [0.25, 0.3) is 0 Å². The molecular formula is C12H11N3O2. The molecule has 1 heterocycles. The van der Waals surface area contributed by atoms with Gasteiger partial charge in [-0.1, -0.05) is 0 Å². The molecule has 0 atom stereocenters. The van der Waals surface area contributed by atoms with E-state index in [-0.39, 0.29) is 5.56 Å². The van der Waals surface area contributed by atoms with Crippen molar-refractivity contribution in [3.05, 3.63) is 30.1 Å². The Balaban J connectivity index is 2.08. The monoisotopic (exact) mass is 229 g/mol. The Hall–Kier alpha value is -2.17. The van der Waals surface area contributed by atoms with Gasteiger partial charge in [-0.05, 0) is 31.0 Å². The van der Waals surface area contributed by atoms with Crippen molar-refractivity contribution in [3.63, 3.8) is 0 Å². The minimum atomic E-state index is -0.942. The molecule has 0 bridgehead atoms. The van der Waals surface area contributed by atoms with Crippen molar-refractivity contribution in [3.8, 4) is 0 Å². The summed E-state index contributed by atoms with van der Waals surface area (Å²) >= 11 is 0. The highest BCUT2D eigenvalue weighted by Gasteiger charge is 2.22. The fourth-order valence-electron chi connectivity index (χ4n) is 1.73. The number of rotatable bonds is 3. The Bertz CT molecular complexity index is 593. The SMILES string of the molecule is O=C(O)c1ccc2c(NC3CC3)ncnc2c1. The molecule has 0 radical (unpaired) electrons. The number of carboxylic acid groups (broad SMARTS) is 1. The van der Waals surface area contributed by atoms with Crippen LogP contribution in [0.3, 0.4) is 0 Å². The van der Waals surface area contributed by atoms with Crippen molar-refractivity contribution in [2.75, 3.05) is 5.32 Å². The maximum Gasteiger partial charge on any atom is 0.335 e. The van der Waals surface area contributed by atoms with Crippen molar-refractivity contribution in [1.82, 2.24) is 9.97 Å². The zero-order valence-corrected chi connectivity index (χ0v) is 9.05. The number of carboxylic acids is 1. The van der Waals surface area contributed by atoms with Gasteiger partial charge in [0.2, 0.25) is 0 Å². The van der Waals surface area contributed by atoms with E-state index in [1.165, 1.54) is 19.2 Å². The highest BCUT2D eigenvalue weighted by molar-refractivity contribution is 5.96. The van der Waals surface area contributed by atoms with Gasteiger partial charge in [0, 0.05) is 11.4 Å². The normalized spacial score (nSPS) is 14.8. The second kappa shape index (κ2) is 3.69. The first-order valence-corrected chi connectivity index (χ1v) is 5.48. The molecule has 0 spiro atoms. The van der Waals surface area contributed by atoms with E-state index in [1.807, 2.05) is 0 Å². The van der Waals surface area contributed by atoms with Crippen molar-refractivity contribution in [2.45, 2.75) is 18.9 Å². The second-order valence-corrected chi connectivity index (χ2v) is 4.18. The quantitative estimate of drug-likeness (QED) is 0.840. The molecule has 1 aromatic heterocycles. The van der Waals surface area contributed by atoms with Gasteiger partial charge in [-0.25, -0.2) is 14.8 Å². The average Bonchev–Trinajstić information content (AvgIpc) is 3.12. The molecule has 0 aliphatic heterocycles. The van der Waals surface area contributed by atoms with Gasteiger partial charge in [0.05, 0.1) is 11.1 Å². The van der Waals surface area contributed by atoms with Crippen LogP contribution in [0.4, 0.5) is 5.82 Å².